The summed E-state index contributed by atoms with van der Waals surface area (Å²) in [6.07, 6.45) is 3.46. The van der Waals surface area contributed by atoms with E-state index in [-0.39, 0.29) is 0 Å². The van der Waals surface area contributed by atoms with E-state index >= 15 is 0 Å². The number of ether oxygens (including phenoxy) is 1. The first-order valence-electron chi connectivity index (χ1n) is 6.61. The Morgan fingerprint density at radius 1 is 1.28 bits per heavy atom. The monoisotopic (exact) mass is 313 g/mol. The molecule has 0 saturated carbocycles. The maximum atomic E-state index is 5.44. The predicted octanol–water partition coefficient (Wildman–Crippen LogP) is 4.09. The van der Waals surface area contributed by atoms with Crippen molar-refractivity contribution in [1.29, 1.82) is 0 Å². The average molecular weight is 314 g/mol. The van der Waals surface area contributed by atoms with Crippen molar-refractivity contribution in [3.63, 3.8) is 0 Å². The average Bonchev–Trinajstić information content (AvgIpc) is 2.32. The molecule has 0 saturated heterocycles. The number of aryl methyl sites for hydroxylation is 2. The largest absolute Gasteiger partial charge is 0.496 e. The molecule has 0 amide bonds. The van der Waals surface area contributed by atoms with Crippen LogP contribution in [0.4, 0.5) is 0 Å². The summed E-state index contributed by atoms with van der Waals surface area (Å²) in [6, 6.07) is 4.86. The van der Waals surface area contributed by atoms with Gasteiger partial charge in [-0.1, -0.05) is 29.8 Å². The lowest BCUT2D eigenvalue weighted by atomic mass is 10.0. The van der Waals surface area contributed by atoms with E-state index in [1.165, 1.54) is 28.4 Å². The van der Waals surface area contributed by atoms with Crippen LogP contribution in [0.15, 0.2) is 16.6 Å². The van der Waals surface area contributed by atoms with Crippen LogP contribution in [-0.4, -0.2) is 19.7 Å². The molecule has 0 aromatic heterocycles. The lowest BCUT2D eigenvalue weighted by Gasteiger charge is -2.12. The number of halogens is 1. The fraction of sp³-hybridized carbons (Fsp3) is 0.600. The normalized spacial score (nSPS) is 11.0. The first-order chi connectivity index (χ1) is 8.54. The third-order valence-corrected chi connectivity index (χ3v) is 3.84. The Kier molecular flexibility index (Phi) is 6.72. The third-order valence-electron chi connectivity index (χ3n) is 2.99. The van der Waals surface area contributed by atoms with E-state index in [1.807, 2.05) is 0 Å². The minimum atomic E-state index is 0.577. The highest BCUT2D eigenvalue weighted by Gasteiger charge is 2.06. The summed E-state index contributed by atoms with van der Waals surface area (Å²) < 4.78 is 6.61. The molecule has 0 aliphatic rings. The Balaban J connectivity index is 2.48. The summed E-state index contributed by atoms with van der Waals surface area (Å²) in [5.74, 6) is 1.01. The van der Waals surface area contributed by atoms with Gasteiger partial charge in [-0.25, -0.2) is 0 Å². The van der Waals surface area contributed by atoms with Crippen LogP contribution >= 0.6 is 15.9 Å². The second-order valence-corrected chi connectivity index (χ2v) is 5.83. The molecule has 0 bridgehead atoms. The summed E-state index contributed by atoms with van der Waals surface area (Å²) in [7, 11) is 1.74. The van der Waals surface area contributed by atoms with Crippen LogP contribution in [0.3, 0.4) is 0 Å². The van der Waals surface area contributed by atoms with Gasteiger partial charge in [0.05, 0.1) is 7.11 Å². The molecule has 0 unspecified atom stereocenters. The fourth-order valence-electron chi connectivity index (χ4n) is 1.91. The van der Waals surface area contributed by atoms with Crippen LogP contribution in [0.25, 0.3) is 0 Å². The fourth-order valence-corrected chi connectivity index (χ4v) is 2.30. The molecule has 0 spiro atoms. The minimum Gasteiger partial charge on any atom is -0.496 e. The Hall–Kier alpha value is -0.540. The van der Waals surface area contributed by atoms with Crippen molar-refractivity contribution >= 4 is 15.9 Å². The van der Waals surface area contributed by atoms with Crippen LogP contribution in [0.1, 0.15) is 37.8 Å². The number of nitrogens with one attached hydrogen (secondary N) is 1. The van der Waals surface area contributed by atoms with Crippen LogP contribution in [-0.2, 0) is 6.42 Å². The van der Waals surface area contributed by atoms with E-state index in [2.05, 4.69) is 54.2 Å². The van der Waals surface area contributed by atoms with Crippen molar-refractivity contribution in [1.82, 2.24) is 5.32 Å². The van der Waals surface area contributed by atoms with Gasteiger partial charge in [0.2, 0.25) is 0 Å². The van der Waals surface area contributed by atoms with Gasteiger partial charge in [0.15, 0.2) is 0 Å². The Morgan fingerprint density at radius 3 is 2.61 bits per heavy atom. The van der Waals surface area contributed by atoms with Crippen molar-refractivity contribution in [2.45, 2.75) is 46.1 Å². The minimum absolute atomic E-state index is 0.577. The second kappa shape index (κ2) is 7.80. The lowest BCUT2D eigenvalue weighted by molar-refractivity contribution is 0.408. The van der Waals surface area contributed by atoms with Crippen LogP contribution < -0.4 is 10.1 Å². The quantitative estimate of drug-likeness (QED) is 0.766. The summed E-state index contributed by atoms with van der Waals surface area (Å²) in [6.45, 7) is 7.54. The Labute approximate surface area is 119 Å². The molecule has 1 N–H and O–H groups in total. The highest BCUT2D eigenvalue weighted by Crippen LogP contribution is 2.27. The number of rotatable bonds is 7. The molecule has 0 aliphatic carbocycles. The standard InChI is InChI=1S/C15H24BrNO/c1-11(2)17-8-6-5-7-13-10-14(16)12(3)9-15(13)18-4/h9-11,17H,5-8H2,1-4H3. The molecule has 0 radical (unpaired) electrons. The van der Waals surface area contributed by atoms with Crippen molar-refractivity contribution in [3.8, 4) is 5.75 Å². The van der Waals surface area contributed by atoms with Gasteiger partial charge < -0.3 is 10.1 Å². The number of methoxy groups -OCH3 is 1. The van der Waals surface area contributed by atoms with E-state index in [4.69, 9.17) is 4.74 Å². The highest BCUT2D eigenvalue weighted by molar-refractivity contribution is 9.10. The summed E-state index contributed by atoms with van der Waals surface area (Å²) >= 11 is 3.58. The smallest absolute Gasteiger partial charge is 0.122 e. The van der Waals surface area contributed by atoms with Crippen LogP contribution in [0.5, 0.6) is 5.75 Å². The van der Waals surface area contributed by atoms with Crippen molar-refractivity contribution in [2.75, 3.05) is 13.7 Å². The van der Waals surface area contributed by atoms with Gasteiger partial charge in [-0.3, -0.25) is 0 Å². The zero-order valence-electron chi connectivity index (χ0n) is 11.8. The zero-order chi connectivity index (χ0) is 13.5. The third kappa shape index (κ3) is 4.99. The molecule has 2 nitrogen and oxygen atoms in total. The van der Waals surface area contributed by atoms with Gasteiger partial charge in [-0.2, -0.15) is 0 Å². The summed E-state index contributed by atoms with van der Waals surface area (Å²) in [5.41, 5.74) is 2.51. The molecular weight excluding hydrogens is 290 g/mol. The molecule has 3 heteroatoms. The van der Waals surface area contributed by atoms with Gasteiger partial charge in [-0.05, 0) is 56.0 Å². The van der Waals surface area contributed by atoms with Crippen LogP contribution in [0, 0.1) is 6.92 Å². The summed E-state index contributed by atoms with van der Waals surface area (Å²) in [4.78, 5) is 0. The van der Waals surface area contributed by atoms with E-state index in [0.717, 1.165) is 18.7 Å². The van der Waals surface area contributed by atoms with E-state index < -0.39 is 0 Å². The topological polar surface area (TPSA) is 21.3 Å². The molecule has 0 heterocycles. The molecule has 102 valence electrons. The zero-order valence-corrected chi connectivity index (χ0v) is 13.4. The number of hydrogen-bond donors (Lipinski definition) is 1. The maximum Gasteiger partial charge on any atom is 0.122 e. The van der Waals surface area contributed by atoms with Crippen LogP contribution in [0.2, 0.25) is 0 Å². The van der Waals surface area contributed by atoms with Crippen molar-refractivity contribution < 1.29 is 4.74 Å². The first-order valence-corrected chi connectivity index (χ1v) is 7.40. The molecule has 0 atom stereocenters. The molecule has 1 aromatic rings. The molecule has 0 fully saturated rings. The second-order valence-electron chi connectivity index (χ2n) is 4.98. The SMILES string of the molecule is COc1cc(C)c(Br)cc1CCCCNC(C)C. The lowest BCUT2D eigenvalue weighted by Crippen LogP contribution is -2.23. The summed E-state index contributed by atoms with van der Waals surface area (Å²) in [5, 5.41) is 3.44. The maximum absolute atomic E-state index is 5.44. The molecule has 0 aliphatic heterocycles. The van der Waals surface area contributed by atoms with Gasteiger partial charge in [-0.15, -0.1) is 0 Å². The van der Waals surface area contributed by atoms with E-state index in [9.17, 15) is 0 Å². The number of unbranched alkanes of at least 4 members (excludes halogenated alkanes) is 1. The van der Waals surface area contributed by atoms with Crippen molar-refractivity contribution in [3.05, 3.63) is 27.7 Å². The molecular formula is C15H24BrNO. The van der Waals surface area contributed by atoms with Gasteiger partial charge in [0.1, 0.15) is 5.75 Å². The highest BCUT2D eigenvalue weighted by atomic mass is 79.9. The molecule has 1 rings (SSSR count). The number of hydrogen-bond acceptors (Lipinski definition) is 2. The van der Waals surface area contributed by atoms with Gasteiger partial charge in [0.25, 0.3) is 0 Å². The Morgan fingerprint density at radius 2 is 2.00 bits per heavy atom. The first kappa shape index (κ1) is 15.5. The number of benzene rings is 1. The Bertz CT molecular complexity index is 377. The van der Waals surface area contributed by atoms with Gasteiger partial charge in [0, 0.05) is 10.5 Å². The van der Waals surface area contributed by atoms with Crippen molar-refractivity contribution in [2.24, 2.45) is 0 Å². The predicted molar refractivity (Wildman–Crippen MR) is 81.5 cm³/mol. The molecule has 18 heavy (non-hydrogen) atoms. The van der Waals surface area contributed by atoms with E-state index in [0.29, 0.717) is 6.04 Å². The van der Waals surface area contributed by atoms with E-state index in [1.54, 1.807) is 7.11 Å². The van der Waals surface area contributed by atoms with Gasteiger partial charge >= 0.3 is 0 Å². The molecule has 1 aromatic carbocycles.